The van der Waals surface area contributed by atoms with Gasteiger partial charge >= 0.3 is 0 Å². The van der Waals surface area contributed by atoms with E-state index >= 15 is 0 Å². The van der Waals surface area contributed by atoms with E-state index in [-0.39, 0.29) is 0 Å². The summed E-state index contributed by atoms with van der Waals surface area (Å²) in [5.74, 6) is 0.718. The lowest BCUT2D eigenvalue weighted by Gasteiger charge is -2.11. The lowest BCUT2D eigenvalue weighted by Crippen LogP contribution is -2.00. The van der Waals surface area contributed by atoms with Gasteiger partial charge in [0, 0.05) is 16.7 Å². The molecule has 0 N–H and O–H groups in total. The van der Waals surface area contributed by atoms with Crippen LogP contribution in [0.1, 0.15) is 5.69 Å². The van der Waals surface area contributed by atoms with Crippen molar-refractivity contribution in [2.45, 2.75) is 0 Å². The second kappa shape index (κ2) is 5.92. The summed E-state index contributed by atoms with van der Waals surface area (Å²) in [4.78, 5) is 0. The third-order valence-electron chi connectivity index (χ3n) is 3.26. The smallest absolute Gasteiger partial charge is 0.163 e. The van der Waals surface area contributed by atoms with Crippen molar-refractivity contribution >= 4 is 11.6 Å². The molecule has 0 saturated heterocycles. The predicted octanol–water partition coefficient (Wildman–Crippen LogP) is 4.07. The third-order valence-corrected chi connectivity index (χ3v) is 3.49. The summed E-state index contributed by atoms with van der Waals surface area (Å²) >= 11 is 6.06. The van der Waals surface area contributed by atoms with Gasteiger partial charge in [-0.15, -0.1) is 0 Å². The zero-order valence-electron chi connectivity index (χ0n) is 11.8. The van der Waals surface area contributed by atoms with Crippen LogP contribution < -0.4 is 4.74 Å². The summed E-state index contributed by atoms with van der Waals surface area (Å²) < 4.78 is 7.10. The Morgan fingerprint density at radius 1 is 1.14 bits per heavy atom. The molecule has 0 radical (unpaired) electrons. The Kier molecular flexibility index (Phi) is 3.82. The number of benzene rings is 2. The van der Waals surface area contributed by atoms with Gasteiger partial charge in [-0.1, -0.05) is 29.8 Å². The highest BCUT2D eigenvalue weighted by Gasteiger charge is 2.15. The van der Waals surface area contributed by atoms with Crippen molar-refractivity contribution in [2.24, 2.45) is 0 Å². The first-order chi connectivity index (χ1) is 10.7. The molecule has 0 aliphatic rings. The van der Waals surface area contributed by atoms with E-state index in [9.17, 15) is 0 Å². The summed E-state index contributed by atoms with van der Waals surface area (Å²) in [6.45, 7) is 0. The van der Waals surface area contributed by atoms with Crippen molar-refractivity contribution in [3.63, 3.8) is 0 Å². The monoisotopic (exact) mass is 309 g/mol. The van der Waals surface area contributed by atoms with Gasteiger partial charge in [0.2, 0.25) is 0 Å². The molecule has 1 heterocycles. The maximum atomic E-state index is 9.17. The van der Waals surface area contributed by atoms with Crippen LogP contribution in [0.25, 0.3) is 16.9 Å². The zero-order chi connectivity index (χ0) is 15.5. The molecule has 0 unspecified atom stereocenters. The molecule has 5 heteroatoms. The average Bonchev–Trinajstić information content (AvgIpc) is 2.99. The van der Waals surface area contributed by atoms with E-state index in [4.69, 9.17) is 21.6 Å². The number of nitrogens with zero attached hydrogens (tertiary/aromatic N) is 3. The summed E-state index contributed by atoms with van der Waals surface area (Å²) in [6, 6.07) is 18.7. The molecule has 22 heavy (non-hydrogen) atoms. The molecule has 0 bridgehead atoms. The Hall–Kier alpha value is -2.77. The molecule has 0 atom stereocenters. The van der Waals surface area contributed by atoms with E-state index in [1.54, 1.807) is 30.0 Å². The molecule has 2 aromatic carbocycles. The van der Waals surface area contributed by atoms with Gasteiger partial charge in [0.15, 0.2) is 5.69 Å². The molecule has 0 amide bonds. The SMILES string of the molecule is COc1ccccc1-c1cc(C#N)nn1-c1cccc(Cl)c1. The van der Waals surface area contributed by atoms with Crippen molar-refractivity contribution in [2.75, 3.05) is 7.11 Å². The number of methoxy groups -OCH3 is 1. The first-order valence-electron chi connectivity index (χ1n) is 6.62. The molecule has 4 nitrogen and oxygen atoms in total. The lowest BCUT2D eigenvalue weighted by molar-refractivity contribution is 0.416. The third kappa shape index (κ3) is 2.54. The Balaban J connectivity index is 2.24. The van der Waals surface area contributed by atoms with Crippen molar-refractivity contribution in [1.29, 1.82) is 5.26 Å². The van der Waals surface area contributed by atoms with E-state index in [0.717, 1.165) is 22.7 Å². The highest BCUT2D eigenvalue weighted by molar-refractivity contribution is 6.30. The second-order valence-electron chi connectivity index (χ2n) is 4.62. The number of halogens is 1. The molecule has 0 aliphatic heterocycles. The van der Waals surface area contributed by atoms with Crippen molar-refractivity contribution in [1.82, 2.24) is 9.78 Å². The van der Waals surface area contributed by atoms with Gasteiger partial charge in [-0.25, -0.2) is 4.68 Å². The molecule has 108 valence electrons. The normalized spacial score (nSPS) is 10.2. The van der Waals surface area contributed by atoms with Crippen LogP contribution in [-0.2, 0) is 0 Å². The number of hydrogen-bond acceptors (Lipinski definition) is 3. The number of para-hydroxylation sites is 1. The molecule has 0 spiro atoms. The van der Waals surface area contributed by atoms with Gasteiger partial charge in [0.05, 0.1) is 18.5 Å². The number of rotatable bonds is 3. The van der Waals surface area contributed by atoms with Gasteiger partial charge in [0.25, 0.3) is 0 Å². The predicted molar refractivity (Wildman–Crippen MR) is 85.3 cm³/mol. The Morgan fingerprint density at radius 2 is 1.95 bits per heavy atom. The minimum absolute atomic E-state index is 0.334. The standard InChI is InChI=1S/C17H12ClN3O/c1-22-17-8-3-2-7-15(17)16-10-13(11-19)20-21(16)14-6-4-5-12(18)9-14/h2-10H,1H3. The Morgan fingerprint density at radius 3 is 2.68 bits per heavy atom. The first-order valence-corrected chi connectivity index (χ1v) is 7.00. The zero-order valence-corrected chi connectivity index (χ0v) is 12.6. The van der Waals surface area contributed by atoms with Gasteiger partial charge in [-0.05, 0) is 30.3 Å². The van der Waals surface area contributed by atoms with E-state index in [2.05, 4.69) is 11.2 Å². The van der Waals surface area contributed by atoms with Crippen molar-refractivity contribution in [3.05, 3.63) is 65.3 Å². The molecule has 3 rings (SSSR count). The largest absolute Gasteiger partial charge is 0.496 e. The summed E-state index contributed by atoms with van der Waals surface area (Å²) in [6.07, 6.45) is 0. The van der Waals surface area contributed by atoms with Crippen LogP contribution in [0.2, 0.25) is 5.02 Å². The fraction of sp³-hybridized carbons (Fsp3) is 0.0588. The molecular weight excluding hydrogens is 298 g/mol. The number of hydrogen-bond donors (Lipinski definition) is 0. The van der Waals surface area contributed by atoms with E-state index in [0.29, 0.717) is 10.7 Å². The highest BCUT2D eigenvalue weighted by atomic mass is 35.5. The fourth-order valence-electron chi connectivity index (χ4n) is 2.29. The van der Waals surface area contributed by atoms with Gasteiger partial charge in [0.1, 0.15) is 11.8 Å². The minimum Gasteiger partial charge on any atom is -0.496 e. The summed E-state index contributed by atoms with van der Waals surface area (Å²) in [5.41, 5.74) is 2.76. The Labute approximate surface area is 133 Å². The van der Waals surface area contributed by atoms with Crippen LogP contribution in [0.3, 0.4) is 0 Å². The summed E-state index contributed by atoms with van der Waals surface area (Å²) in [7, 11) is 1.62. The lowest BCUT2D eigenvalue weighted by atomic mass is 10.1. The number of nitriles is 1. The topological polar surface area (TPSA) is 50.8 Å². The van der Waals surface area contributed by atoms with Crippen LogP contribution >= 0.6 is 11.6 Å². The maximum Gasteiger partial charge on any atom is 0.163 e. The van der Waals surface area contributed by atoms with Crippen LogP contribution in [0.4, 0.5) is 0 Å². The van der Waals surface area contributed by atoms with Gasteiger partial charge in [-0.2, -0.15) is 10.4 Å². The first kappa shape index (κ1) is 14.2. The van der Waals surface area contributed by atoms with Crippen LogP contribution in [-0.4, -0.2) is 16.9 Å². The van der Waals surface area contributed by atoms with Crippen LogP contribution in [0, 0.1) is 11.3 Å². The van der Waals surface area contributed by atoms with Gasteiger partial charge in [-0.3, -0.25) is 0 Å². The quantitative estimate of drug-likeness (QED) is 0.732. The van der Waals surface area contributed by atoms with Gasteiger partial charge < -0.3 is 4.74 Å². The van der Waals surface area contributed by atoms with E-state index in [1.807, 2.05) is 36.4 Å². The van der Waals surface area contributed by atoms with Crippen molar-refractivity contribution in [3.8, 4) is 28.8 Å². The fourth-order valence-corrected chi connectivity index (χ4v) is 2.47. The second-order valence-corrected chi connectivity index (χ2v) is 5.06. The van der Waals surface area contributed by atoms with Crippen LogP contribution in [0.15, 0.2) is 54.6 Å². The van der Waals surface area contributed by atoms with E-state index in [1.165, 1.54) is 0 Å². The summed E-state index contributed by atoms with van der Waals surface area (Å²) in [5, 5.41) is 14.1. The van der Waals surface area contributed by atoms with Crippen molar-refractivity contribution < 1.29 is 4.74 Å². The average molecular weight is 310 g/mol. The minimum atomic E-state index is 0.334. The highest BCUT2D eigenvalue weighted by Crippen LogP contribution is 2.32. The number of aromatic nitrogens is 2. The van der Waals surface area contributed by atoms with E-state index < -0.39 is 0 Å². The molecule has 1 aromatic heterocycles. The molecule has 0 fully saturated rings. The number of ether oxygens (including phenoxy) is 1. The molecular formula is C17H12ClN3O. The molecule has 3 aromatic rings. The Bertz CT molecular complexity index is 864. The molecule has 0 aliphatic carbocycles. The maximum absolute atomic E-state index is 9.17. The molecule has 0 saturated carbocycles. The van der Waals surface area contributed by atoms with Crippen LogP contribution in [0.5, 0.6) is 5.75 Å².